The maximum Gasteiger partial charge on any atom is 0.161 e. The summed E-state index contributed by atoms with van der Waals surface area (Å²) in [5.74, 6) is 1.23. The molecule has 1 atom stereocenters. The van der Waals surface area contributed by atoms with Crippen LogP contribution in [-0.4, -0.2) is 13.3 Å². The van der Waals surface area contributed by atoms with Crippen molar-refractivity contribution in [2.45, 2.75) is 19.6 Å². The van der Waals surface area contributed by atoms with Crippen LogP contribution in [0.15, 0.2) is 48.5 Å². The van der Waals surface area contributed by atoms with Crippen molar-refractivity contribution in [2.24, 2.45) is 5.73 Å². The quantitative estimate of drug-likeness (QED) is 0.846. The second-order valence-electron chi connectivity index (χ2n) is 4.67. The zero-order valence-electron chi connectivity index (χ0n) is 12.1. The number of benzene rings is 2. The molecule has 0 bridgehead atoms. The molecule has 0 aliphatic rings. The summed E-state index contributed by atoms with van der Waals surface area (Å²) < 4.78 is 24.0. The molecule has 0 unspecified atom stereocenters. The Morgan fingerprint density at radius 1 is 1.05 bits per heavy atom. The molecule has 0 amide bonds. The highest BCUT2D eigenvalue weighted by atomic mass is 19.1. The van der Waals surface area contributed by atoms with E-state index in [9.17, 15) is 4.39 Å². The molecule has 112 valence electrons. The fourth-order valence-electron chi connectivity index (χ4n) is 1.97. The first-order valence-electron chi connectivity index (χ1n) is 6.99. The molecule has 0 aromatic heterocycles. The van der Waals surface area contributed by atoms with Gasteiger partial charge in [-0.25, -0.2) is 4.39 Å². The van der Waals surface area contributed by atoms with E-state index in [1.165, 1.54) is 0 Å². The number of ether oxygens (including phenoxy) is 2. The Balaban J connectivity index is 2.14. The van der Waals surface area contributed by atoms with Gasteiger partial charge in [-0.3, -0.25) is 0 Å². The highest BCUT2D eigenvalue weighted by Gasteiger charge is 2.11. The Morgan fingerprint density at radius 3 is 2.48 bits per heavy atom. The lowest BCUT2D eigenvalue weighted by atomic mass is 10.1. The van der Waals surface area contributed by atoms with Crippen LogP contribution < -0.4 is 15.2 Å². The first-order valence-corrected chi connectivity index (χ1v) is 6.99. The first kappa shape index (κ1) is 15.3. The summed E-state index contributed by atoms with van der Waals surface area (Å²) in [4.78, 5) is 0. The van der Waals surface area contributed by atoms with Crippen molar-refractivity contribution in [3.05, 3.63) is 59.7 Å². The van der Waals surface area contributed by atoms with E-state index < -0.39 is 12.7 Å². The van der Waals surface area contributed by atoms with E-state index in [0.717, 1.165) is 5.56 Å². The molecule has 0 aliphatic heterocycles. The Bertz CT molecular complexity index is 560. The molecule has 2 rings (SSSR count). The SMILES string of the molecule is CCOc1cc([C@H](N)CF)ccc1OCc1ccccc1. The second kappa shape index (κ2) is 7.64. The molecule has 21 heavy (non-hydrogen) atoms. The Hall–Kier alpha value is -2.07. The largest absolute Gasteiger partial charge is 0.490 e. The van der Waals surface area contributed by atoms with Gasteiger partial charge in [-0.15, -0.1) is 0 Å². The summed E-state index contributed by atoms with van der Waals surface area (Å²) in [5, 5.41) is 0. The van der Waals surface area contributed by atoms with Gasteiger partial charge in [-0.05, 0) is 30.2 Å². The summed E-state index contributed by atoms with van der Waals surface area (Å²) in [5.41, 5.74) is 7.48. The maximum atomic E-state index is 12.7. The Morgan fingerprint density at radius 2 is 1.81 bits per heavy atom. The molecule has 0 spiro atoms. The van der Waals surface area contributed by atoms with Crippen LogP contribution in [0.3, 0.4) is 0 Å². The Labute approximate surface area is 124 Å². The molecule has 0 saturated carbocycles. The van der Waals surface area contributed by atoms with Crippen molar-refractivity contribution in [3.8, 4) is 11.5 Å². The van der Waals surface area contributed by atoms with Gasteiger partial charge in [0.2, 0.25) is 0 Å². The van der Waals surface area contributed by atoms with Gasteiger partial charge < -0.3 is 15.2 Å². The van der Waals surface area contributed by atoms with Crippen LogP contribution in [0.4, 0.5) is 4.39 Å². The predicted molar refractivity (Wildman–Crippen MR) is 81.3 cm³/mol. The summed E-state index contributed by atoms with van der Waals surface area (Å²) >= 11 is 0. The topological polar surface area (TPSA) is 44.5 Å². The average molecular weight is 289 g/mol. The summed E-state index contributed by atoms with van der Waals surface area (Å²) in [6.45, 7) is 2.25. The summed E-state index contributed by atoms with van der Waals surface area (Å²) in [7, 11) is 0. The third kappa shape index (κ3) is 4.20. The van der Waals surface area contributed by atoms with Crippen molar-refractivity contribution in [1.29, 1.82) is 0 Å². The Kier molecular flexibility index (Phi) is 5.58. The molecule has 3 nitrogen and oxygen atoms in total. The summed E-state index contributed by atoms with van der Waals surface area (Å²) in [6, 6.07) is 14.5. The lowest BCUT2D eigenvalue weighted by molar-refractivity contribution is 0.269. The number of alkyl halides is 1. The van der Waals surface area contributed by atoms with Crippen LogP contribution in [0, 0.1) is 0 Å². The van der Waals surface area contributed by atoms with Crippen LogP contribution in [0.1, 0.15) is 24.1 Å². The van der Waals surface area contributed by atoms with Crippen LogP contribution in [0.2, 0.25) is 0 Å². The minimum absolute atomic E-state index is 0.454. The van der Waals surface area contributed by atoms with E-state index in [4.69, 9.17) is 15.2 Å². The van der Waals surface area contributed by atoms with E-state index >= 15 is 0 Å². The molecular weight excluding hydrogens is 269 g/mol. The third-order valence-corrected chi connectivity index (χ3v) is 3.10. The highest BCUT2D eigenvalue weighted by Crippen LogP contribution is 2.31. The fraction of sp³-hybridized carbons (Fsp3) is 0.294. The highest BCUT2D eigenvalue weighted by molar-refractivity contribution is 5.44. The zero-order valence-corrected chi connectivity index (χ0v) is 12.1. The van der Waals surface area contributed by atoms with Crippen molar-refractivity contribution in [1.82, 2.24) is 0 Å². The molecular formula is C17H20FNO2. The standard InChI is InChI=1S/C17H20FNO2/c1-2-20-17-10-14(15(19)11-18)8-9-16(17)21-12-13-6-4-3-5-7-13/h3-10,15H,2,11-12,19H2,1H3/t15-/m1/s1. The van der Waals surface area contributed by atoms with Crippen LogP contribution >= 0.6 is 0 Å². The molecule has 0 radical (unpaired) electrons. The van der Waals surface area contributed by atoms with Gasteiger partial charge in [0.05, 0.1) is 12.6 Å². The minimum atomic E-state index is -0.632. The van der Waals surface area contributed by atoms with Gasteiger partial charge in [0.25, 0.3) is 0 Å². The van der Waals surface area contributed by atoms with Crippen LogP contribution in [0.5, 0.6) is 11.5 Å². The van der Waals surface area contributed by atoms with Gasteiger partial charge in [-0.1, -0.05) is 36.4 Å². The van der Waals surface area contributed by atoms with E-state index in [1.807, 2.05) is 37.3 Å². The molecule has 4 heteroatoms. The van der Waals surface area contributed by atoms with E-state index in [1.54, 1.807) is 18.2 Å². The zero-order chi connectivity index (χ0) is 15.1. The van der Waals surface area contributed by atoms with E-state index in [-0.39, 0.29) is 0 Å². The molecule has 0 heterocycles. The average Bonchev–Trinajstić information content (AvgIpc) is 2.54. The molecule has 0 fully saturated rings. The lowest BCUT2D eigenvalue weighted by Crippen LogP contribution is -2.12. The van der Waals surface area contributed by atoms with E-state index in [2.05, 4.69) is 0 Å². The van der Waals surface area contributed by atoms with Crippen LogP contribution in [-0.2, 0) is 6.61 Å². The number of halogens is 1. The number of hydrogen-bond donors (Lipinski definition) is 1. The third-order valence-electron chi connectivity index (χ3n) is 3.10. The van der Waals surface area contributed by atoms with Crippen molar-refractivity contribution in [3.63, 3.8) is 0 Å². The molecule has 2 N–H and O–H groups in total. The van der Waals surface area contributed by atoms with Crippen LogP contribution in [0.25, 0.3) is 0 Å². The van der Waals surface area contributed by atoms with E-state index in [0.29, 0.717) is 30.3 Å². The number of nitrogens with two attached hydrogens (primary N) is 1. The van der Waals surface area contributed by atoms with Crippen molar-refractivity contribution in [2.75, 3.05) is 13.3 Å². The van der Waals surface area contributed by atoms with Gasteiger partial charge in [-0.2, -0.15) is 0 Å². The smallest absolute Gasteiger partial charge is 0.161 e. The summed E-state index contributed by atoms with van der Waals surface area (Å²) in [6.07, 6.45) is 0. The maximum absolute atomic E-state index is 12.7. The van der Waals surface area contributed by atoms with Gasteiger partial charge in [0.15, 0.2) is 11.5 Å². The number of hydrogen-bond acceptors (Lipinski definition) is 3. The monoisotopic (exact) mass is 289 g/mol. The first-order chi connectivity index (χ1) is 10.2. The minimum Gasteiger partial charge on any atom is -0.490 e. The molecule has 2 aromatic rings. The molecule has 0 saturated heterocycles. The van der Waals surface area contributed by atoms with Crippen molar-refractivity contribution >= 4 is 0 Å². The molecule has 0 aliphatic carbocycles. The van der Waals surface area contributed by atoms with Crippen molar-refractivity contribution < 1.29 is 13.9 Å². The lowest BCUT2D eigenvalue weighted by Gasteiger charge is -2.15. The number of rotatable bonds is 7. The fourth-order valence-corrected chi connectivity index (χ4v) is 1.97. The second-order valence-corrected chi connectivity index (χ2v) is 4.67. The predicted octanol–water partition coefficient (Wildman–Crippen LogP) is 3.63. The molecule has 2 aromatic carbocycles. The van der Waals surface area contributed by atoms with Gasteiger partial charge in [0.1, 0.15) is 13.3 Å². The van der Waals surface area contributed by atoms with Gasteiger partial charge in [0, 0.05) is 0 Å². The van der Waals surface area contributed by atoms with Gasteiger partial charge >= 0.3 is 0 Å². The normalized spacial score (nSPS) is 12.0.